The van der Waals surface area contributed by atoms with Crippen LogP contribution < -0.4 is 11.1 Å². The molecular weight excluding hydrogens is 244 g/mol. The summed E-state index contributed by atoms with van der Waals surface area (Å²) in [6, 6.07) is 7.15. The van der Waals surface area contributed by atoms with Gasteiger partial charge in [0.15, 0.2) is 0 Å². The Kier molecular flexibility index (Phi) is 4.10. The summed E-state index contributed by atoms with van der Waals surface area (Å²) < 4.78 is 0.944. The van der Waals surface area contributed by atoms with Gasteiger partial charge in [-0.05, 0) is 24.2 Å². The highest BCUT2D eigenvalue weighted by Crippen LogP contribution is 2.17. The highest BCUT2D eigenvalue weighted by molar-refractivity contribution is 9.10. The van der Waals surface area contributed by atoms with Crippen molar-refractivity contribution in [2.45, 2.75) is 13.0 Å². The summed E-state index contributed by atoms with van der Waals surface area (Å²) in [5.41, 5.74) is 6.17. The van der Waals surface area contributed by atoms with E-state index in [1.807, 2.05) is 31.2 Å². The largest absolute Gasteiger partial charge is 0.368 e. The topological polar surface area (TPSA) is 55.1 Å². The lowest BCUT2D eigenvalue weighted by atomic mass is 10.1. The van der Waals surface area contributed by atoms with Gasteiger partial charge >= 0.3 is 0 Å². The van der Waals surface area contributed by atoms with E-state index in [-0.39, 0.29) is 5.91 Å². The number of nitrogens with two attached hydrogens (primary N) is 1. The molecule has 0 spiro atoms. The number of carbonyl (C=O) groups is 1. The van der Waals surface area contributed by atoms with Crippen molar-refractivity contribution in [2.75, 3.05) is 6.54 Å². The average molecular weight is 257 g/mol. The van der Waals surface area contributed by atoms with Crippen LogP contribution in [0.2, 0.25) is 0 Å². The number of primary amides is 1. The van der Waals surface area contributed by atoms with Gasteiger partial charge < -0.3 is 11.1 Å². The molecule has 4 heteroatoms. The van der Waals surface area contributed by atoms with E-state index in [1.165, 1.54) is 0 Å². The number of halogens is 1. The third kappa shape index (κ3) is 2.82. The van der Waals surface area contributed by atoms with E-state index in [4.69, 9.17) is 5.73 Å². The van der Waals surface area contributed by atoms with E-state index < -0.39 is 6.04 Å². The fourth-order valence-corrected chi connectivity index (χ4v) is 1.69. The number of carbonyl (C=O) groups excluding carboxylic acids is 1. The molecule has 0 saturated heterocycles. The molecule has 3 N–H and O–H groups in total. The van der Waals surface area contributed by atoms with Crippen molar-refractivity contribution in [2.24, 2.45) is 5.73 Å². The van der Waals surface area contributed by atoms with Gasteiger partial charge in [0.1, 0.15) is 6.04 Å². The van der Waals surface area contributed by atoms with E-state index in [0.29, 0.717) is 6.54 Å². The van der Waals surface area contributed by atoms with E-state index in [2.05, 4.69) is 21.2 Å². The van der Waals surface area contributed by atoms with Gasteiger partial charge in [-0.15, -0.1) is 0 Å². The summed E-state index contributed by atoms with van der Waals surface area (Å²) in [5, 5.41) is 3.03. The van der Waals surface area contributed by atoms with Gasteiger partial charge in [-0.3, -0.25) is 4.79 Å². The minimum absolute atomic E-state index is 0.357. The first-order valence-electron chi connectivity index (χ1n) is 4.43. The Morgan fingerprint density at radius 2 is 2.36 bits per heavy atom. The average Bonchev–Trinajstić information content (AvgIpc) is 2.13. The summed E-state index contributed by atoms with van der Waals surface area (Å²) in [5.74, 6) is -0.357. The molecular formula is C10H13BrN2O. The van der Waals surface area contributed by atoms with Crippen LogP contribution in [0, 0.1) is 0 Å². The van der Waals surface area contributed by atoms with Crippen LogP contribution in [0.15, 0.2) is 28.7 Å². The fraction of sp³-hybridized carbons (Fsp3) is 0.300. The van der Waals surface area contributed by atoms with E-state index in [0.717, 1.165) is 10.0 Å². The van der Waals surface area contributed by atoms with Crippen LogP contribution in [-0.4, -0.2) is 12.5 Å². The Balaban J connectivity index is 2.93. The normalized spacial score (nSPS) is 12.4. The molecule has 1 aromatic carbocycles. The second-order valence-corrected chi connectivity index (χ2v) is 3.86. The number of rotatable bonds is 4. The Hall–Kier alpha value is -0.870. The highest BCUT2D eigenvalue weighted by Gasteiger charge is 2.15. The SMILES string of the molecule is CCNC(C(N)=O)c1cccc(Br)c1. The molecule has 76 valence electrons. The second kappa shape index (κ2) is 5.12. The third-order valence-electron chi connectivity index (χ3n) is 1.87. The van der Waals surface area contributed by atoms with Crippen molar-refractivity contribution in [3.63, 3.8) is 0 Å². The molecule has 0 aliphatic carbocycles. The Morgan fingerprint density at radius 1 is 1.64 bits per heavy atom. The summed E-state index contributed by atoms with van der Waals surface area (Å²) in [6.07, 6.45) is 0. The van der Waals surface area contributed by atoms with Gasteiger partial charge in [-0.25, -0.2) is 0 Å². The smallest absolute Gasteiger partial charge is 0.239 e. The van der Waals surface area contributed by atoms with Gasteiger partial charge in [0.2, 0.25) is 5.91 Å². The van der Waals surface area contributed by atoms with Crippen LogP contribution in [0.3, 0.4) is 0 Å². The maximum atomic E-state index is 11.1. The molecule has 3 nitrogen and oxygen atoms in total. The van der Waals surface area contributed by atoms with E-state index in [1.54, 1.807) is 0 Å². The molecule has 0 bridgehead atoms. The van der Waals surface area contributed by atoms with E-state index in [9.17, 15) is 4.79 Å². The van der Waals surface area contributed by atoms with Crippen molar-refractivity contribution in [3.8, 4) is 0 Å². The predicted octanol–water partition coefficient (Wildman–Crippen LogP) is 1.58. The Morgan fingerprint density at radius 3 is 2.86 bits per heavy atom. The first-order valence-corrected chi connectivity index (χ1v) is 5.22. The molecule has 0 heterocycles. The lowest BCUT2D eigenvalue weighted by Crippen LogP contribution is -2.33. The number of likely N-dealkylation sites (N-methyl/N-ethyl adjacent to an activating group) is 1. The van der Waals surface area contributed by atoms with Crippen LogP contribution in [0.4, 0.5) is 0 Å². The molecule has 1 unspecified atom stereocenters. The number of amides is 1. The molecule has 1 rings (SSSR count). The van der Waals surface area contributed by atoms with Gasteiger partial charge in [-0.2, -0.15) is 0 Å². The van der Waals surface area contributed by atoms with Crippen LogP contribution in [0.5, 0.6) is 0 Å². The van der Waals surface area contributed by atoms with Gasteiger partial charge in [0.05, 0.1) is 0 Å². The lowest BCUT2D eigenvalue weighted by Gasteiger charge is -2.14. The minimum atomic E-state index is -0.405. The molecule has 1 aromatic rings. The molecule has 1 amide bonds. The lowest BCUT2D eigenvalue weighted by molar-refractivity contribution is -0.120. The van der Waals surface area contributed by atoms with Crippen molar-refractivity contribution < 1.29 is 4.79 Å². The molecule has 0 aliphatic rings. The van der Waals surface area contributed by atoms with Crippen molar-refractivity contribution in [1.29, 1.82) is 0 Å². The van der Waals surface area contributed by atoms with Crippen LogP contribution in [-0.2, 0) is 4.79 Å². The first-order chi connectivity index (χ1) is 6.65. The molecule has 0 saturated carbocycles. The number of nitrogens with one attached hydrogen (secondary N) is 1. The molecule has 0 fully saturated rings. The maximum Gasteiger partial charge on any atom is 0.239 e. The second-order valence-electron chi connectivity index (χ2n) is 2.95. The van der Waals surface area contributed by atoms with Gasteiger partial charge in [-0.1, -0.05) is 35.0 Å². The highest BCUT2D eigenvalue weighted by atomic mass is 79.9. The van der Waals surface area contributed by atoms with Crippen LogP contribution in [0.25, 0.3) is 0 Å². The monoisotopic (exact) mass is 256 g/mol. The molecule has 14 heavy (non-hydrogen) atoms. The zero-order valence-electron chi connectivity index (χ0n) is 7.96. The number of benzene rings is 1. The summed E-state index contributed by atoms with van der Waals surface area (Å²) in [7, 11) is 0. The Bertz CT molecular complexity index is 328. The number of hydrogen-bond donors (Lipinski definition) is 2. The fourth-order valence-electron chi connectivity index (χ4n) is 1.27. The maximum absolute atomic E-state index is 11.1. The molecule has 1 atom stereocenters. The molecule has 0 radical (unpaired) electrons. The molecule has 0 aliphatic heterocycles. The standard InChI is InChI=1S/C10H13BrN2O/c1-2-13-9(10(12)14)7-4-3-5-8(11)6-7/h3-6,9,13H,2H2,1H3,(H2,12,14). The van der Waals surface area contributed by atoms with Crippen LogP contribution >= 0.6 is 15.9 Å². The zero-order valence-corrected chi connectivity index (χ0v) is 9.54. The van der Waals surface area contributed by atoms with Gasteiger partial charge in [0, 0.05) is 4.47 Å². The van der Waals surface area contributed by atoms with Crippen molar-refractivity contribution >= 4 is 21.8 Å². The Labute approximate surface area is 91.8 Å². The van der Waals surface area contributed by atoms with Crippen molar-refractivity contribution in [3.05, 3.63) is 34.3 Å². The van der Waals surface area contributed by atoms with Crippen LogP contribution in [0.1, 0.15) is 18.5 Å². The minimum Gasteiger partial charge on any atom is -0.368 e. The van der Waals surface area contributed by atoms with Gasteiger partial charge in [0.25, 0.3) is 0 Å². The van der Waals surface area contributed by atoms with E-state index >= 15 is 0 Å². The molecule has 0 aromatic heterocycles. The summed E-state index contributed by atoms with van der Waals surface area (Å²) in [6.45, 7) is 2.65. The zero-order chi connectivity index (χ0) is 10.6. The third-order valence-corrected chi connectivity index (χ3v) is 2.37. The summed E-state index contributed by atoms with van der Waals surface area (Å²) in [4.78, 5) is 11.1. The first kappa shape index (κ1) is 11.2. The quantitative estimate of drug-likeness (QED) is 0.860. The summed E-state index contributed by atoms with van der Waals surface area (Å²) >= 11 is 3.35. The van der Waals surface area contributed by atoms with Crippen molar-refractivity contribution in [1.82, 2.24) is 5.32 Å². The number of hydrogen-bond acceptors (Lipinski definition) is 2. The predicted molar refractivity (Wildman–Crippen MR) is 59.8 cm³/mol.